The van der Waals surface area contributed by atoms with Gasteiger partial charge < -0.3 is 4.90 Å². The molecular formula is C7H13BrN2. The summed E-state index contributed by atoms with van der Waals surface area (Å²) < 4.78 is 0. The van der Waals surface area contributed by atoms with Crippen molar-refractivity contribution in [3.63, 3.8) is 0 Å². The van der Waals surface area contributed by atoms with Gasteiger partial charge in [-0.3, -0.25) is 5.41 Å². The fraction of sp³-hybridized carbons (Fsp3) is 0.571. The zero-order valence-electron chi connectivity index (χ0n) is 6.13. The predicted molar refractivity (Wildman–Crippen MR) is 48.8 cm³/mol. The molecule has 3 heteroatoms. The van der Waals surface area contributed by atoms with E-state index >= 15 is 0 Å². The molecule has 0 unspecified atom stereocenters. The normalized spacial score (nSPS) is 15.1. The van der Waals surface area contributed by atoms with Crippen molar-refractivity contribution in [2.24, 2.45) is 0 Å². The monoisotopic (exact) mass is 204 g/mol. The van der Waals surface area contributed by atoms with Crippen molar-refractivity contribution in [2.45, 2.75) is 19.8 Å². The lowest BCUT2D eigenvalue weighted by Crippen LogP contribution is -2.21. The summed E-state index contributed by atoms with van der Waals surface area (Å²) in [6.45, 7) is 3.02. The van der Waals surface area contributed by atoms with E-state index in [4.69, 9.17) is 5.41 Å². The maximum Gasteiger partial charge on any atom is 0.0995 e. The second-order valence-corrected chi connectivity index (χ2v) is 2.17. The van der Waals surface area contributed by atoms with Crippen LogP contribution in [0.3, 0.4) is 0 Å². The first kappa shape index (κ1) is 9.69. The van der Waals surface area contributed by atoms with Crippen LogP contribution < -0.4 is 0 Å². The Morgan fingerprint density at radius 3 is 2.80 bits per heavy atom. The fourth-order valence-electron chi connectivity index (χ4n) is 0.918. The van der Waals surface area contributed by atoms with Gasteiger partial charge >= 0.3 is 0 Å². The number of rotatable bonds is 1. The first-order valence-electron chi connectivity index (χ1n) is 3.35. The number of nitrogens with zero attached hydrogens (tertiary/aromatic N) is 1. The molecule has 1 aliphatic heterocycles. The van der Waals surface area contributed by atoms with Gasteiger partial charge in [-0.25, -0.2) is 0 Å². The molecule has 0 saturated heterocycles. The molecule has 1 aliphatic rings. The maximum absolute atomic E-state index is 7.41. The van der Waals surface area contributed by atoms with E-state index in [1.54, 1.807) is 0 Å². The van der Waals surface area contributed by atoms with Gasteiger partial charge in [-0.1, -0.05) is 13.0 Å². The van der Waals surface area contributed by atoms with Crippen molar-refractivity contribution >= 4 is 22.8 Å². The minimum atomic E-state index is 0. The summed E-state index contributed by atoms with van der Waals surface area (Å²) in [5.74, 6) is 0.726. The molecule has 0 saturated carbocycles. The van der Waals surface area contributed by atoms with Crippen molar-refractivity contribution < 1.29 is 0 Å². The Morgan fingerprint density at radius 2 is 2.40 bits per heavy atom. The zero-order valence-corrected chi connectivity index (χ0v) is 7.84. The van der Waals surface area contributed by atoms with Gasteiger partial charge in [-0.15, -0.1) is 17.0 Å². The first-order chi connectivity index (χ1) is 4.34. The SMILES string of the molecule is Br.CCC(=N)N1C=CCC1. The Hall–Kier alpha value is -0.310. The van der Waals surface area contributed by atoms with Crippen LogP contribution in [0.5, 0.6) is 0 Å². The van der Waals surface area contributed by atoms with Crippen LogP contribution >= 0.6 is 17.0 Å². The summed E-state index contributed by atoms with van der Waals surface area (Å²) in [6, 6.07) is 0. The standard InChI is InChI=1S/C7H12N2.BrH/c1-2-7(8)9-5-3-4-6-9;/h3,5,8H,2,4,6H2,1H3;1H. The van der Waals surface area contributed by atoms with Gasteiger partial charge in [0.15, 0.2) is 0 Å². The maximum atomic E-state index is 7.41. The Balaban J connectivity index is 0.000000810. The number of amidine groups is 1. The smallest absolute Gasteiger partial charge is 0.0995 e. The summed E-state index contributed by atoms with van der Waals surface area (Å²) in [7, 11) is 0. The predicted octanol–water partition coefficient (Wildman–Crippen LogP) is 2.17. The zero-order chi connectivity index (χ0) is 6.69. The van der Waals surface area contributed by atoms with Crippen molar-refractivity contribution in [2.75, 3.05) is 6.54 Å². The number of halogens is 1. The van der Waals surface area contributed by atoms with E-state index in [0.29, 0.717) is 0 Å². The second-order valence-electron chi connectivity index (χ2n) is 2.17. The fourth-order valence-corrected chi connectivity index (χ4v) is 0.918. The highest BCUT2D eigenvalue weighted by Crippen LogP contribution is 2.05. The van der Waals surface area contributed by atoms with Crippen LogP contribution in [0.1, 0.15) is 19.8 Å². The highest BCUT2D eigenvalue weighted by atomic mass is 79.9. The number of hydrogen-bond donors (Lipinski definition) is 1. The molecule has 0 atom stereocenters. The van der Waals surface area contributed by atoms with Gasteiger partial charge in [0, 0.05) is 19.2 Å². The van der Waals surface area contributed by atoms with Gasteiger partial charge in [0.05, 0.1) is 5.84 Å². The van der Waals surface area contributed by atoms with Crippen LogP contribution in [0.15, 0.2) is 12.3 Å². The molecule has 10 heavy (non-hydrogen) atoms. The summed E-state index contributed by atoms with van der Waals surface area (Å²) in [5, 5.41) is 7.41. The van der Waals surface area contributed by atoms with Crippen LogP contribution in [-0.4, -0.2) is 17.3 Å². The summed E-state index contributed by atoms with van der Waals surface area (Å²) in [5.41, 5.74) is 0. The van der Waals surface area contributed by atoms with Crippen molar-refractivity contribution in [1.29, 1.82) is 5.41 Å². The van der Waals surface area contributed by atoms with Gasteiger partial charge in [-0.2, -0.15) is 0 Å². The number of nitrogens with one attached hydrogen (secondary N) is 1. The molecule has 0 aromatic rings. The lowest BCUT2D eigenvalue weighted by molar-refractivity contribution is 0.584. The molecule has 1 rings (SSSR count). The first-order valence-corrected chi connectivity index (χ1v) is 3.35. The largest absolute Gasteiger partial charge is 0.337 e. The van der Waals surface area contributed by atoms with E-state index in [9.17, 15) is 0 Å². The molecule has 0 aliphatic carbocycles. The average Bonchev–Trinajstić information content (AvgIpc) is 2.37. The number of hydrogen-bond acceptors (Lipinski definition) is 1. The second kappa shape index (κ2) is 4.50. The van der Waals surface area contributed by atoms with Crippen LogP contribution in [0.4, 0.5) is 0 Å². The van der Waals surface area contributed by atoms with Crippen LogP contribution in [0.2, 0.25) is 0 Å². The Morgan fingerprint density at radius 1 is 1.70 bits per heavy atom. The molecule has 58 valence electrons. The molecule has 0 spiro atoms. The highest BCUT2D eigenvalue weighted by Gasteiger charge is 2.06. The third-order valence-electron chi connectivity index (χ3n) is 1.50. The van der Waals surface area contributed by atoms with E-state index in [1.807, 2.05) is 18.0 Å². The summed E-state index contributed by atoms with van der Waals surface area (Å²) in [4.78, 5) is 1.99. The van der Waals surface area contributed by atoms with Crippen molar-refractivity contribution in [3.8, 4) is 0 Å². The van der Waals surface area contributed by atoms with Crippen molar-refractivity contribution in [1.82, 2.24) is 4.90 Å². The lowest BCUT2D eigenvalue weighted by atomic mass is 10.4. The Labute approximate surface area is 72.2 Å². The Kier molecular flexibility index (Phi) is 4.36. The molecule has 0 aromatic heterocycles. The minimum absolute atomic E-state index is 0. The molecular weight excluding hydrogens is 192 g/mol. The minimum Gasteiger partial charge on any atom is -0.337 e. The van der Waals surface area contributed by atoms with Crippen molar-refractivity contribution in [3.05, 3.63) is 12.3 Å². The molecule has 2 nitrogen and oxygen atoms in total. The van der Waals surface area contributed by atoms with Gasteiger partial charge in [-0.05, 0) is 6.42 Å². The summed E-state index contributed by atoms with van der Waals surface area (Å²) >= 11 is 0. The summed E-state index contributed by atoms with van der Waals surface area (Å²) in [6.07, 6.45) is 6.03. The highest BCUT2D eigenvalue weighted by molar-refractivity contribution is 8.93. The molecule has 1 N–H and O–H groups in total. The van der Waals surface area contributed by atoms with Crippen LogP contribution in [-0.2, 0) is 0 Å². The molecule has 0 radical (unpaired) electrons. The third-order valence-corrected chi connectivity index (χ3v) is 1.50. The van der Waals surface area contributed by atoms with Crippen LogP contribution in [0.25, 0.3) is 0 Å². The van der Waals surface area contributed by atoms with Gasteiger partial charge in [0.2, 0.25) is 0 Å². The van der Waals surface area contributed by atoms with E-state index < -0.39 is 0 Å². The molecule has 0 amide bonds. The molecule has 1 heterocycles. The van der Waals surface area contributed by atoms with Gasteiger partial charge in [0.1, 0.15) is 0 Å². The molecule has 0 fully saturated rings. The molecule has 0 aromatic carbocycles. The van der Waals surface area contributed by atoms with E-state index in [-0.39, 0.29) is 17.0 Å². The quantitative estimate of drug-likeness (QED) is 0.515. The lowest BCUT2D eigenvalue weighted by Gasteiger charge is -2.13. The van der Waals surface area contributed by atoms with E-state index in [2.05, 4.69) is 6.08 Å². The molecule has 0 bridgehead atoms. The van der Waals surface area contributed by atoms with Crippen LogP contribution in [0, 0.1) is 5.41 Å². The Bertz CT molecular complexity index is 143. The van der Waals surface area contributed by atoms with E-state index in [0.717, 1.165) is 25.2 Å². The average molecular weight is 205 g/mol. The third kappa shape index (κ3) is 2.14. The topological polar surface area (TPSA) is 27.1 Å². The van der Waals surface area contributed by atoms with Gasteiger partial charge in [0.25, 0.3) is 0 Å². The van der Waals surface area contributed by atoms with E-state index in [1.165, 1.54) is 0 Å².